The first-order valence-electron chi connectivity index (χ1n) is 15.3. The van der Waals surface area contributed by atoms with Crippen LogP contribution >= 0.6 is 11.6 Å². The number of methoxy groups -OCH3 is 2. The summed E-state index contributed by atoms with van der Waals surface area (Å²) in [4.78, 5) is 30.3. The zero-order valence-corrected chi connectivity index (χ0v) is 26.8. The van der Waals surface area contributed by atoms with Crippen molar-refractivity contribution in [3.05, 3.63) is 76.3 Å². The van der Waals surface area contributed by atoms with Crippen molar-refractivity contribution in [2.24, 2.45) is 0 Å². The minimum absolute atomic E-state index is 0.0360. The molecular formula is C31H31ClF3N3O8S. The van der Waals surface area contributed by atoms with E-state index in [1.54, 1.807) is 13.0 Å². The summed E-state index contributed by atoms with van der Waals surface area (Å²) in [5.41, 5.74) is -2.09. The van der Waals surface area contributed by atoms with Crippen LogP contribution in [0.25, 0.3) is 0 Å². The number of fused-ring (bicyclic) bond motifs is 1. The monoisotopic (exact) mass is 699 g/mol. The van der Waals surface area contributed by atoms with Crippen LogP contribution in [0.4, 0.5) is 18.9 Å². The molecule has 1 saturated heterocycles. The average Bonchev–Trinajstić information content (AvgIpc) is 3.55. The van der Waals surface area contributed by atoms with Crippen LogP contribution in [-0.4, -0.2) is 88.5 Å². The molecule has 1 fully saturated rings. The number of anilines is 1. The highest BCUT2D eigenvalue weighted by molar-refractivity contribution is 7.93. The van der Waals surface area contributed by atoms with Crippen molar-refractivity contribution in [3.63, 3.8) is 0 Å². The molecule has 0 saturated carbocycles. The van der Waals surface area contributed by atoms with Gasteiger partial charge in [-0.15, -0.1) is 13.2 Å². The molecule has 252 valence electrons. The Balaban J connectivity index is 1.87. The first kappa shape index (κ1) is 31.5. The van der Waals surface area contributed by atoms with Gasteiger partial charge in [-0.3, -0.25) is 14.5 Å². The number of nitrogens with zero attached hydrogens (tertiary/aromatic N) is 3. The predicted octanol–water partition coefficient (Wildman–Crippen LogP) is 4.07. The molecule has 0 aliphatic carbocycles. The summed E-state index contributed by atoms with van der Waals surface area (Å²) in [7, 11) is -4.08. The highest BCUT2D eigenvalue weighted by Gasteiger charge is 2.64. The van der Waals surface area contributed by atoms with E-state index < -0.39 is 70.6 Å². The summed E-state index contributed by atoms with van der Waals surface area (Å²) in [5, 5.41) is 11.0. The van der Waals surface area contributed by atoms with Gasteiger partial charge in [-0.2, -0.15) is 0 Å². The fourth-order valence-electron chi connectivity index (χ4n) is 6.14. The smallest absolute Gasteiger partial charge is 0.497 e. The molecule has 2 heterocycles. The Morgan fingerprint density at radius 3 is 2.43 bits per heavy atom. The Kier molecular flexibility index (Phi) is 8.18. The molecule has 1 unspecified atom stereocenters. The van der Waals surface area contributed by atoms with Gasteiger partial charge in [0.2, 0.25) is 5.91 Å². The van der Waals surface area contributed by atoms with E-state index in [0.717, 1.165) is 24.1 Å². The largest absolute Gasteiger partial charge is 0.573 e. The normalized spacial score (nSPS) is 22.0. The van der Waals surface area contributed by atoms with E-state index in [9.17, 15) is 31.5 Å². The second-order valence-corrected chi connectivity index (χ2v) is 13.1. The molecular weight excluding hydrogens is 667 g/mol. The summed E-state index contributed by atoms with van der Waals surface area (Å²) >= 11 is 6.47. The van der Waals surface area contributed by atoms with E-state index in [2.05, 4.69) is 4.74 Å². The number of carbonyl (C=O) groups excluding carboxylic acids is 2. The van der Waals surface area contributed by atoms with Gasteiger partial charge >= 0.3 is 6.36 Å². The Morgan fingerprint density at radius 1 is 1.06 bits per heavy atom. The SMILES string of the molecule is [2H]CN(C[2H])C(=O)[C@@H]1C[C@@H](O)CN1C1(c2cc(C)ccc2OC)C(=O)N(S(=O)(=O)c2ccc(OC)cc2OC(F)(F)F)c2ccc(Cl)cc21. The van der Waals surface area contributed by atoms with Crippen LogP contribution in [0.2, 0.25) is 5.02 Å². The molecule has 0 radical (unpaired) electrons. The van der Waals surface area contributed by atoms with Gasteiger partial charge in [-0.1, -0.05) is 23.2 Å². The number of alkyl halides is 3. The number of aliphatic hydroxyl groups is 1. The Morgan fingerprint density at radius 2 is 1.79 bits per heavy atom. The van der Waals surface area contributed by atoms with Gasteiger partial charge in [0.25, 0.3) is 15.9 Å². The highest BCUT2D eigenvalue weighted by Crippen LogP contribution is 2.55. The molecule has 3 aromatic rings. The van der Waals surface area contributed by atoms with Crippen LogP contribution in [0.3, 0.4) is 0 Å². The molecule has 3 aromatic carbocycles. The number of benzene rings is 3. The number of β-amino-alcohol motifs (C(OH)–C–C–N with tert-alkyl or cyclic N) is 1. The maximum Gasteiger partial charge on any atom is 0.573 e. The lowest BCUT2D eigenvalue weighted by atomic mass is 9.80. The van der Waals surface area contributed by atoms with Gasteiger partial charge in [0, 0.05) is 45.5 Å². The summed E-state index contributed by atoms with van der Waals surface area (Å²) in [5.74, 6) is -3.32. The predicted molar refractivity (Wildman–Crippen MR) is 164 cm³/mol. The average molecular weight is 700 g/mol. The number of rotatable bonds is 8. The third kappa shape index (κ3) is 5.75. The number of hydrogen-bond donors (Lipinski definition) is 1. The number of likely N-dealkylation sites (tertiary alicyclic amines) is 1. The minimum Gasteiger partial charge on any atom is -0.497 e. The fourth-order valence-corrected chi connectivity index (χ4v) is 7.88. The molecule has 5 rings (SSSR count). The molecule has 16 heteroatoms. The number of aliphatic hydroxyl groups excluding tert-OH is 1. The first-order chi connectivity index (χ1) is 23.0. The summed E-state index contributed by atoms with van der Waals surface area (Å²) in [6, 6.07) is 9.71. The van der Waals surface area contributed by atoms with Crippen molar-refractivity contribution >= 4 is 39.1 Å². The standard InChI is InChI=1S/C31H31ClF3N3O8S/c1-17-6-10-25(45-5)22(12-17)30(37-16-19(39)14-24(37)28(40)36(2)3)21-13-18(32)7-9-23(21)38(29(30)41)47(42,43)27-11-8-20(44-4)15-26(27)46-31(33,34)35/h6-13,15,19,24,39H,14,16H2,1-5H3/t19-,24+,30?/m1/s1/i2D,3D. The lowest BCUT2D eigenvalue weighted by molar-refractivity contribution is -0.275. The summed E-state index contributed by atoms with van der Waals surface area (Å²) in [6.07, 6.45) is -6.84. The lowest BCUT2D eigenvalue weighted by Crippen LogP contribution is -2.59. The van der Waals surface area contributed by atoms with Crippen molar-refractivity contribution in [3.8, 4) is 17.2 Å². The molecule has 2 amide bonds. The minimum atomic E-state index is -5.34. The molecule has 0 aromatic heterocycles. The summed E-state index contributed by atoms with van der Waals surface area (Å²) in [6.45, 7) is 1.30. The molecule has 1 N–H and O–H groups in total. The number of amides is 2. The van der Waals surface area contributed by atoms with Crippen LogP contribution in [-0.2, 0) is 25.2 Å². The number of ether oxygens (including phenoxy) is 3. The Hall–Kier alpha value is -4.05. The van der Waals surface area contributed by atoms with Crippen LogP contribution in [0, 0.1) is 6.92 Å². The topological polar surface area (TPSA) is 126 Å². The van der Waals surface area contributed by atoms with Crippen molar-refractivity contribution in [2.75, 3.05) is 39.1 Å². The van der Waals surface area contributed by atoms with Gasteiger partial charge in [-0.05, 0) is 55.8 Å². The Labute approximate surface area is 276 Å². The van der Waals surface area contributed by atoms with Crippen LogP contribution in [0.1, 0.15) is 25.9 Å². The van der Waals surface area contributed by atoms with E-state index >= 15 is 4.79 Å². The van der Waals surface area contributed by atoms with Crippen molar-refractivity contribution in [1.29, 1.82) is 0 Å². The highest BCUT2D eigenvalue weighted by atomic mass is 35.5. The van der Waals surface area contributed by atoms with E-state index in [1.165, 1.54) is 42.3 Å². The molecule has 47 heavy (non-hydrogen) atoms. The van der Waals surface area contributed by atoms with Crippen LogP contribution < -0.4 is 18.5 Å². The zero-order valence-electron chi connectivity index (χ0n) is 27.2. The lowest BCUT2D eigenvalue weighted by Gasteiger charge is -2.42. The fraction of sp³-hybridized carbons (Fsp3) is 0.355. The maximum atomic E-state index is 15.3. The van der Waals surface area contributed by atoms with Gasteiger partial charge < -0.3 is 24.2 Å². The molecule has 0 spiro atoms. The number of aryl methyl sites for hydroxylation is 1. The van der Waals surface area contributed by atoms with Crippen LogP contribution in [0.15, 0.2) is 59.5 Å². The number of halogens is 4. The van der Waals surface area contributed by atoms with Gasteiger partial charge in [0.15, 0.2) is 11.3 Å². The van der Waals surface area contributed by atoms with Crippen molar-refractivity contribution < 1.29 is 53.2 Å². The van der Waals surface area contributed by atoms with Gasteiger partial charge in [-0.25, -0.2) is 12.7 Å². The molecule has 2 aliphatic heterocycles. The third-order valence-corrected chi connectivity index (χ3v) is 9.98. The maximum absolute atomic E-state index is 15.3. The molecule has 3 atom stereocenters. The van der Waals surface area contributed by atoms with Gasteiger partial charge in [0.05, 0.1) is 32.1 Å². The van der Waals surface area contributed by atoms with Gasteiger partial charge in [0.1, 0.15) is 16.4 Å². The van der Waals surface area contributed by atoms with E-state index in [-0.39, 0.29) is 46.3 Å². The number of carbonyl (C=O) groups is 2. The number of sulfonamides is 1. The first-order valence-corrected chi connectivity index (χ1v) is 15.7. The van der Waals surface area contributed by atoms with E-state index in [0.29, 0.717) is 15.9 Å². The van der Waals surface area contributed by atoms with Crippen molar-refractivity contribution in [2.45, 2.75) is 42.3 Å². The second-order valence-electron chi connectivity index (χ2n) is 10.9. The second kappa shape index (κ2) is 12.2. The Bertz CT molecular complexity index is 1900. The number of hydrogen-bond acceptors (Lipinski definition) is 9. The molecule has 11 nitrogen and oxygen atoms in total. The summed E-state index contributed by atoms with van der Waals surface area (Å²) < 4.78 is 101. The molecule has 0 bridgehead atoms. The van der Waals surface area contributed by atoms with E-state index in [4.69, 9.17) is 23.8 Å². The molecule has 2 aliphatic rings. The van der Waals surface area contributed by atoms with Crippen molar-refractivity contribution in [1.82, 2.24) is 9.80 Å². The van der Waals surface area contributed by atoms with Crippen LogP contribution in [0.5, 0.6) is 17.2 Å². The quantitative estimate of drug-likeness (QED) is 0.371. The third-order valence-electron chi connectivity index (χ3n) is 8.01. The zero-order chi connectivity index (χ0) is 36.1. The van der Waals surface area contributed by atoms with E-state index in [1.807, 2.05) is 0 Å². The number of likely N-dealkylation sites (N-methyl/N-ethyl adjacent to an activating group) is 1.